The maximum absolute atomic E-state index is 13.1. The molecule has 0 saturated carbocycles. The van der Waals surface area contributed by atoms with Gasteiger partial charge in [-0.05, 0) is 30.9 Å². The summed E-state index contributed by atoms with van der Waals surface area (Å²) in [4.78, 5) is 30.5. The molecule has 0 aliphatic carbocycles. The third kappa shape index (κ3) is 4.71. The molecule has 1 amide bonds. The number of amides is 1. The van der Waals surface area contributed by atoms with E-state index in [4.69, 9.17) is 17.0 Å². The van der Waals surface area contributed by atoms with Gasteiger partial charge in [0.2, 0.25) is 0 Å². The van der Waals surface area contributed by atoms with Gasteiger partial charge in [0.05, 0.1) is 18.1 Å². The average molecular weight is 461 g/mol. The maximum atomic E-state index is 13.1. The fourth-order valence-electron chi connectivity index (χ4n) is 3.84. The van der Waals surface area contributed by atoms with E-state index in [9.17, 15) is 14.9 Å². The van der Waals surface area contributed by atoms with Crippen molar-refractivity contribution in [1.29, 1.82) is 5.26 Å². The number of thiocarbonyl (C=S) groups is 1. The number of rotatable bonds is 6. The second-order valence-electron chi connectivity index (χ2n) is 8.09. The summed E-state index contributed by atoms with van der Waals surface area (Å²) in [6, 6.07) is 2.08. The smallest absolute Gasteiger partial charge is 0.270 e. The third-order valence-electron chi connectivity index (χ3n) is 5.30. The van der Waals surface area contributed by atoms with Crippen LogP contribution in [0.5, 0.6) is 0 Å². The lowest BCUT2D eigenvalue weighted by atomic mass is 10.0. The van der Waals surface area contributed by atoms with Gasteiger partial charge in [-0.1, -0.05) is 44.8 Å². The number of morpholine rings is 1. The molecule has 0 bridgehead atoms. The van der Waals surface area contributed by atoms with Crippen molar-refractivity contribution in [3.63, 3.8) is 0 Å². The van der Waals surface area contributed by atoms with E-state index in [0.717, 1.165) is 17.8 Å². The van der Waals surface area contributed by atoms with E-state index < -0.39 is 0 Å². The molecule has 166 valence electrons. The molecule has 1 aromatic heterocycles. The van der Waals surface area contributed by atoms with Crippen LogP contribution in [0.1, 0.15) is 43.9 Å². The minimum absolute atomic E-state index is 0.120. The number of ether oxygens (including phenoxy) is 1. The van der Waals surface area contributed by atoms with Crippen molar-refractivity contribution in [2.24, 2.45) is 5.92 Å². The molecule has 2 fully saturated rings. The number of anilines is 1. The van der Waals surface area contributed by atoms with Crippen molar-refractivity contribution in [1.82, 2.24) is 9.47 Å². The molecule has 7 nitrogen and oxygen atoms in total. The molecule has 1 aromatic rings. The molecule has 9 heteroatoms. The zero-order chi connectivity index (χ0) is 22.7. The lowest BCUT2D eigenvalue weighted by molar-refractivity contribution is -0.122. The van der Waals surface area contributed by atoms with Crippen LogP contribution in [0.4, 0.5) is 5.82 Å². The van der Waals surface area contributed by atoms with E-state index in [-0.39, 0.29) is 17.0 Å². The summed E-state index contributed by atoms with van der Waals surface area (Å²) in [7, 11) is 0. The Hall–Kier alpha value is -2.15. The van der Waals surface area contributed by atoms with Gasteiger partial charge in [-0.15, -0.1) is 0 Å². The summed E-state index contributed by atoms with van der Waals surface area (Å²) < 4.78 is 7.72. The highest BCUT2D eigenvalue weighted by molar-refractivity contribution is 8.26. The van der Waals surface area contributed by atoms with Crippen LogP contribution >= 0.6 is 24.0 Å². The Morgan fingerprint density at radius 1 is 1.29 bits per heavy atom. The van der Waals surface area contributed by atoms with Gasteiger partial charge in [0.25, 0.3) is 11.5 Å². The number of thioether (sulfide) groups is 1. The molecule has 0 aromatic carbocycles. The molecule has 0 atom stereocenters. The van der Waals surface area contributed by atoms with Crippen LogP contribution in [0.25, 0.3) is 6.08 Å². The number of aromatic nitrogens is 1. The van der Waals surface area contributed by atoms with Crippen molar-refractivity contribution in [3.8, 4) is 6.07 Å². The molecule has 0 radical (unpaired) electrons. The number of nitrogens with zero attached hydrogens (tertiary/aromatic N) is 4. The molecule has 2 saturated heterocycles. The zero-order valence-electron chi connectivity index (χ0n) is 18.4. The number of hydrogen-bond acceptors (Lipinski definition) is 7. The predicted molar refractivity (Wildman–Crippen MR) is 128 cm³/mol. The lowest BCUT2D eigenvalue weighted by Gasteiger charge is -2.33. The van der Waals surface area contributed by atoms with Crippen molar-refractivity contribution in [2.45, 2.75) is 40.7 Å². The maximum Gasteiger partial charge on any atom is 0.270 e. The van der Waals surface area contributed by atoms with Crippen molar-refractivity contribution in [3.05, 3.63) is 31.9 Å². The van der Waals surface area contributed by atoms with Gasteiger partial charge in [0.15, 0.2) is 0 Å². The van der Waals surface area contributed by atoms with Crippen LogP contribution in [-0.4, -0.2) is 52.5 Å². The van der Waals surface area contributed by atoms with E-state index in [1.165, 1.54) is 11.8 Å². The number of nitriles is 1. The first-order valence-electron chi connectivity index (χ1n) is 10.6. The highest BCUT2D eigenvalue weighted by Crippen LogP contribution is 2.36. The SMILES string of the molecule is CCCn1c(N2CCOCC2)c(C=C2SC(=S)N(CC(C)C)C2=O)c(C)c(C#N)c1=O. The van der Waals surface area contributed by atoms with Gasteiger partial charge in [-0.2, -0.15) is 5.26 Å². The van der Waals surface area contributed by atoms with E-state index >= 15 is 0 Å². The fraction of sp³-hybridized carbons (Fsp3) is 0.545. The molecular weight excluding hydrogens is 432 g/mol. The summed E-state index contributed by atoms with van der Waals surface area (Å²) in [5.74, 6) is 0.924. The van der Waals surface area contributed by atoms with Crippen LogP contribution in [0, 0.1) is 24.2 Å². The first-order valence-corrected chi connectivity index (χ1v) is 11.8. The second-order valence-corrected chi connectivity index (χ2v) is 9.77. The van der Waals surface area contributed by atoms with Crippen molar-refractivity contribution >= 4 is 46.1 Å². The standard InChI is InChI=1S/C22H28N4O3S2/c1-5-6-25-19(24-7-9-29-10-8-24)16(15(4)17(12-23)20(25)27)11-18-21(28)26(13-14(2)3)22(30)31-18/h11,14H,5-10,13H2,1-4H3. The second kappa shape index (κ2) is 9.98. The number of hydrogen-bond donors (Lipinski definition) is 0. The van der Waals surface area contributed by atoms with Gasteiger partial charge in [-0.3, -0.25) is 19.1 Å². The monoisotopic (exact) mass is 460 g/mol. The summed E-state index contributed by atoms with van der Waals surface area (Å²) in [5, 5.41) is 9.69. The highest BCUT2D eigenvalue weighted by atomic mass is 32.2. The lowest BCUT2D eigenvalue weighted by Crippen LogP contribution is -2.41. The Bertz CT molecular complexity index is 1020. The van der Waals surface area contributed by atoms with E-state index in [2.05, 4.69) is 11.0 Å². The minimum atomic E-state index is -0.284. The quantitative estimate of drug-likeness (QED) is 0.477. The summed E-state index contributed by atoms with van der Waals surface area (Å²) in [5.41, 5.74) is 1.16. The minimum Gasteiger partial charge on any atom is -0.378 e. The van der Waals surface area contributed by atoms with Gasteiger partial charge in [0, 0.05) is 31.7 Å². The Kier molecular flexibility index (Phi) is 7.57. The number of carbonyl (C=O) groups excluding carboxylic acids is 1. The molecule has 0 unspecified atom stereocenters. The van der Waals surface area contributed by atoms with E-state index in [1.54, 1.807) is 16.4 Å². The molecule has 2 aliphatic rings. The highest BCUT2D eigenvalue weighted by Gasteiger charge is 2.33. The van der Waals surface area contributed by atoms with Gasteiger partial charge in [-0.25, -0.2) is 0 Å². The first-order chi connectivity index (χ1) is 14.8. The Morgan fingerprint density at radius 2 is 1.97 bits per heavy atom. The number of carbonyl (C=O) groups is 1. The zero-order valence-corrected chi connectivity index (χ0v) is 20.1. The Balaban J connectivity index is 2.21. The predicted octanol–water partition coefficient (Wildman–Crippen LogP) is 3.13. The normalized spacial score (nSPS) is 18.4. The van der Waals surface area contributed by atoms with E-state index in [0.29, 0.717) is 60.1 Å². The van der Waals surface area contributed by atoms with E-state index in [1.807, 2.05) is 26.8 Å². The van der Waals surface area contributed by atoms with Crippen LogP contribution in [0.3, 0.4) is 0 Å². The van der Waals surface area contributed by atoms with Crippen LogP contribution < -0.4 is 10.5 Å². The molecular formula is C22H28N4O3S2. The molecule has 31 heavy (non-hydrogen) atoms. The molecule has 0 spiro atoms. The first kappa shape index (κ1) is 23.5. The van der Waals surface area contributed by atoms with Crippen LogP contribution in [0.15, 0.2) is 9.70 Å². The third-order valence-corrected chi connectivity index (χ3v) is 6.68. The summed E-state index contributed by atoms with van der Waals surface area (Å²) in [6.07, 6.45) is 2.56. The Labute approximate surface area is 192 Å². The van der Waals surface area contributed by atoms with Gasteiger partial charge in [0.1, 0.15) is 21.8 Å². The van der Waals surface area contributed by atoms with Crippen LogP contribution in [0.2, 0.25) is 0 Å². The van der Waals surface area contributed by atoms with Gasteiger partial charge < -0.3 is 9.64 Å². The number of pyridine rings is 1. The Morgan fingerprint density at radius 3 is 2.55 bits per heavy atom. The van der Waals surface area contributed by atoms with Crippen molar-refractivity contribution < 1.29 is 9.53 Å². The van der Waals surface area contributed by atoms with Crippen LogP contribution in [-0.2, 0) is 16.1 Å². The molecule has 0 N–H and O–H groups in total. The average Bonchev–Trinajstić information content (AvgIpc) is 2.99. The topological polar surface area (TPSA) is 78.6 Å². The largest absolute Gasteiger partial charge is 0.378 e. The molecule has 3 heterocycles. The fourth-order valence-corrected chi connectivity index (χ4v) is 5.10. The summed E-state index contributed by atoms with van der Waals surface area (Å²) >= 11 is 6.72. The molecule has 3 rings (SSSR count). The summed E-state index contributed by atoms with van der Waals surface area (Å²) in [6.45, 7) is 11.3. The van der Waals surface area contributed by atoms with Gasteiger partial charge >= 0.3 is 0 Å². The van der Waals surface area contributed by atoms with Crippen molar-refractivity contribution in [2.75, 3.05) is 37.7 Å². The molecule has 2 aliphatic heterocycles.